The third-order valence-electron chi connectivity index (χ3n) is 5.10. The first-order valence-electron chi connectivity index (χ1n) is 9.12. The zero-order valence-corrected chi connectivity index (χ0v) is 15.2. The molecule has 4 rings (SSSR count). The van der Waals surface area contributed by atoms with Gasteiger partial charge in [-0.3, -0.25) is 14.5 Å². The molecule has 0 unspecified atom stereocenters. The highest BCUT2D eigenvalue weighted by Crippen LogP contribution is 2.21. The Labute approximate surface area is 152 Å². The monoisotopic (exact) mass is 349 g/mol. The zero-order chi connectivity index (χ0) is 18.1. The number of para-hydroxylation sites is 2. The van der Waals surface area contributed by atoms with Crippen LogP contribution in [0.1, 0.15) is 34.7 Å². The summed E-state index contributed by atoms with van der Waals surface area (Å²) >= 11 is 0. The molecular weight excluding hydrogens is 326 g/mol. The van der Waals surface area contributed by atoms with E-state index >= 15 is 0 Å². The van der Waals surface area contributed by atoms with Crippen molar-refractivity contribution >= 4 is 16.9 Å². The Morgan fingerprint density at radius 3 is 2.58 bits per heavy atom. The normalized spacial score (nSPS) is 15.5. The molecule has 0 bridgehead atoms. The van der Waals surface area contributed by atoms with Gasteiger partial charge in [-0.15, -0.1) is 0 Å². The van der Waals surface area contributed by atoms with Gasteiger partial charge in [0.15, 0.2) is 0 Å². The van der Waals surface area contributed by atoms with Crippen molar-refractivity contribution in [2.24, 2.45) is 5.92 Å². The first-order valence-corrected chi connectivity index (χ1v) is 9.12. The van der Waals surface area contributed by atoms with E-state index in [2.05, 4.69) is 32.7 Å². The maximum atomic E-state index is 12.8. The number of fused-ring (bicyclic) bond motifs is 1. The van der Waals surface area contributed by atoms with Gasteiger partial charge in [-0.05, 0) is 50.8 Å². The minimum atomic E-state index is -0.0205. The molecule has 1 amide bonds. The lowest BCUT2D eigenvalue weighted by molar-refractivity contribution is 0.0675. The van der Waals surface area contributed by atoms with Crippen molar-refractivity contribution in [1.82, 2.24) is 24.6 Å². The van der Waals surface area contributed by atoms with Crippen LogP contribution in [0.4, 0.5) is 0 Å². The number of carbonyl (C=O) groups is 1. The number of rotatable bonds is 3. The molecule has 0 radical (unpaired) electrons. The van der Waals surface area contributed by atoms with Crippen molar-refractivity contribution < 1.29 is 4.79 Å². The molecule has 1 aliphatic rings. The second-order valence-electron chi connectivity index (χ2n) is 7.09. The Morgan fingerprint density at radius 2 is 1.88 bits per heavy atom. The summed E-state index contributed by atoms with van der Waals surface area (Å²) in [5.41, 5.74) is 4.27. The summed E-state index contributed by atoms with van der Waals surface area (Å²) in [4.78, 5) is 23.5. The number of aryl methyl sites for hydroxylation is 2. The predicted octanol–water partition coefficient (Wildman–Crippen LogP) is 3.00. The lowest BCUT2D eigenvalue weighted by atomic mass is 9.96. The molecule has 1 saturated heterocycles. The molecule has 0 N–H and O–H groups in total. The molecule has 6 nitrogen and oxygen atoms in total. The van der Waals surface area contributed by atoms with Gasteiger partial charge in [0.1, 0.15) is 5.69 Å². The molecule has 0 spiro atoms. The van der Waals surface area contributed by atoms with E-state index in [-0.39, 0.29) is 5.91 Å². The van der Waals surface area contributed by atoms with Crippen molar-refractivity contribution in [2.45, 2.75) is 33.2 Å². The van der Waals surface area contributed by atoms with Crippen molar-refractivity contribution in [3.05, 3.63) is 53.6 Å². The van der Waals surface area contributed by atoms with E-state index in [4.69, 9.17) is 0 Å². The third-order valence-corrected chi connectivity index (χ3v) is 5.10. The van der Waals surface area contributed by atoms with E-state index < -0.39 is 0 Å². The number of hydrogen-bond donors (Lipinski definition) is 0. The van der Waals surface area contributed by atoms with Gasteiger partial charge in [0.2, 0.25) is 0 Å². The van der Waals surface area contributed by atoms with E-state index in [1.807, 2.05) is 36.1 Å². The first kappa shape index (κ1) is 16.7. The number of nitrogens with zero attached hydrogens (tertiary/aromatic N) is 5. The van der Waals surface area contributed by atoms with Crippen molar-refractivity contribution in [1.29, 1.82) is 0 Å². The summed E-state index contributed by atoms with van der Waals surface area (Å²) in [7, 11) is 0. The van der Waals surface area contributed by atoms with Gasteiger partial charge in [-0.2, -0.15) is 5.10 Å². The number of piperidine rings is 1. The van der Waals surface area contributed by atoms with Crippen LogP contribution in [0.2, 0.25) is 0 Å². The minimum absolute atomic E-state index is 0.0205. The molecule has 1 aromatic carbocycles. The number of amides is 1. The Morgan fingerprint density at radius 1 is 1.15 bits per heavy atom. The largest absolute Gasteiger partial charge is 0.337 e. The van der Waals surface area contributed by atoms with E-state index in [1.54, 1.807) is 6.20 Å². The van der Waals surface area contributed by atoms with Crippen LogP contribution in [-0.4, -0.2) is 43.6 Å². The third kappa shape index (κ3) is 3.31. The van der Waals surface area contributed by atoms with Crippen LogP contribution in [0.5, 0.6) is 0 Å². The topological polar surface area (TPSA) is 63.9 Å². The maximum Gasteiger partial charge on any atom is 0.274 e. The fourth-order valence-electron chi connectivity index (χ4n) is 3.65. The molecule has 134 valence electrons. The molecule has 0 atom stereocenters. The van der Waals surface area contributed by atoms with Gasteiger partial charge in [0.05, 0.1) is 22.9 Å². The quantitative estimate of drug-likeness (QED) is 0.729. The molecule has 1 aliphatic heterocycles. The van der Waals surface area contributed by atoms with Crippen molar-refractivity contribution in [2.75, 3.05) is 13.1 Å². The fourth-order valence-corrected chi connectivity index (χ4v) is 3.65. The van der Waals surface area contributed by atoms with Crippen molar-refractivity contribution in [3.8, 4) is 0 Å². The average Bonchev–Trinajstić information content (AvgIpc) is 2.98. The molecule has 3 aromatic rings. The second-order valence-corrected chi connectivity index (χ2v) is 7.09. The van der Waals surface area contributed by atoms with Gasteiger partial charge < -0.3 is 4.90 Å². The van der Waals surface area contributed by atoms with Gasteiger partial charge in [-0.25, -0.2) is 4.98 Å². The Kier molecular flexibility index (Phi) is 4.41. The van der Waals surface area contributed by atoms with E-state index in [1.165, 1.54) is 5.69 Å². The summed E-state index contributed by atoms with van der Waals surface area (Å²) in [6.07, 6.45) is 3.57. The Balaban J connectivity index is 1.40. The summed E-state index contributed by atoms with van der Waals surface area (Å²) < 4.78 is 2.09. The number of carbonyl (C=O) groups excluding carboxylic acids is 1. The van der Waals surface area contributed by atoms with E-state index in [0.717, 1.165) is 49.2 Å². The van der Waals surface area contributed by atoms with E-state index in [9.17, 15) is 4.79 Å². The predicted molar refractivity (Wildman–Crippen MR) is 99.9 cm³/mol. The maximum absolute atomic E-state index is 12.8. The van der Waals surface area contributed by atoms with Gasteiger partial charge in [0, 0.05) is 25.3 Å². The van der Waals surface area contributed by atoms with Gasteiger partial charge in [0.25, 0.3) is 5.91 Å². The number of hydrogen-bond acceptors (Lipinski definition) is 4. The smallest absolute Gasteiger partial charge is 0.274 e. The fraction of sp³-hybridized carbons (Fsp3) is 0.400. The summed E-state index contributed by atoms with van der Waals surface area (Å²) in [5, 5.41) is 4.55. The van der Waals surface area contributed by atoms with Crippen LogP contribution in [0.15, 0.2) is 36.5 Å². The molecule has 26 heavy (non-hydrogen) atoms. The highest BCUT2D eigenvalue weighted by Gasteiger charge is 2.25. The molecule has 1 fully saturated rings. The summed E-state index contributed by atoms with van der Waals surface area (Å²) in [6, 6.07) is 9.74. The average molecular weight is 349 g/mol. The standard InChI is InChI=1S/C20H23N5O/c1-14-11-15(2)25(23-14)13-16-7-9-24(10-8-16)20(26)19-12-21-17-5-3-4-6-18(17)22-19/h3-6,11-12,16H,7-10,13H2,1-2H3. The zero-order valence-electron chi connectivity index (χ0n) is 15.2. The SMILES string of the molecule is Cc1cc(C)n(CC2CCN(C(=O)c3cnc4ccccc4n3)CC2)n1. The Hall–Kier alpha value is -2.76. The van der Waals surface area contributed by atoms with Crippen LogP contribution in [0, 0.1) is 19.8 Å². The van der Waals surface area contributed by atoms with Crippen LogP contribution in [0.3, 0.4) is 0 Å². The molecule has 3 heterocycles. The van der Waals surface area contributed by atoms with Crippen LogP contribution < -0.4 is 0 Å². The first-order chi connectivity index (χ1) is 12.6. The summed E-state index contributed by atoms with van der Waals surface area (Å²) in [5.74, 6) is 0.535. The summed E-state index contributed by atoms with van der Waals surface area (Å²) in [6.45, 7) is 6.57. The van der Waals surface area contributed by atoms with Gasteiger partial charge in [-0.1, -0.05) is 12.1 Å². The molecule has 0 aliphatic carbocycles. The molecule has 2 aromatic heterocycles. The van der Waals surface area contributed by atoms with Crippen molar-refractivity contribution in [3.63, 3.8) is 0 Å². The number of benzene rings is 1. The van der Waals surface area contributed by atoms with Crippen LogP contribution >= 0.6 is 0 Å². The Bertz CT molecular complexity index is 940. The van der Waals surface area contributed by atoms with Crippen LogP contribution in [-0.2, 0) is 6.54 Å². The number of likely N-dealkylation sites (tertiary alicyclic amines) is 1. The van der Waals surface area contributed by atoms with E-state index in [0.29, 0.717) is 11.6 Å². The van der Waals surface area contributed by atoms with Gasteiger partial charge >= 0.3 is 0 Å². The number of aromatic nitrogens is 4. The lowest BCUT2D eigenvalue weighted by Crippen LogP contribution is -2.39. The second kappa shape index (κ2) is 6.86. The molecule has 0 saturated carbocycles. The molecule has 6 heteroatoms. The van der Waals surface area contributed by atoms with Crippen LogP contribution in [0.25, 0.3) is 11.0 Å². The minimum Gasteiger partial charge on any atom is -0.337 e. The molecular formula is C20H23N5O. The lowest BCUT2D eigenvalue weighted by Gasteiger charge is -2.32. The highest BCUT2D eigenvalue weighted by atomic mass is 16.2. The highest BCUT2D eigenvalue weighted by molar-refractivity contribution is 5.93.